The molecule has 0 bridgehead atoms. The number of methoxy groups -OCH3 is 1. The first kappa shape index (κ1) is 20.8. The highest BCUT2D eigenvalue weighted by atomic mass is 32.2. The minimum absolute atomic E-state index is 0.0580. The van der Waals surface area contributed by atoms with E-state index >= 15 is 0 Å². The number of rotatable bonds is 6. The van der Waals surface area contributed by atoms with E-state index in [1.54, 1.807) is 19.4 Å². The Morgan fingerprint density at radius 1 is 1.15 bits per heavy atom. The molecule has 1 unspecified atom stereocenters. The van der Waals surface area contributed by atoms with Crippen molar-refractivity contribution in [2.24, 2.45) is 9.81 Å². The molecular weight excluding hydrogens is 360 g/mol. The summed E-state index contributed by atoms with van der Waals surface area (Å²) in [4.78, 5) is 12.9. The Morgan fingerprint density at radius 3 is 2.37 bits per heavy atom. The quantitative estimate of drug-likeness (QED) is 0.761. The third-order valence-corrected chi connectivity index (χ3v) is 5.06. The highest BCUT2D eigenvalue weighted by molar-refractivity contribution is 7.84. The molecule has 0 aliphatic rings. The molecular formula is C21H26N2O3S. The van der Waals surface area contributed by atoms with Crippen LogP contribution in [0.4, 0.5) is 0 Å². The second-order valence-electron chi connectivity index (χ2n) is 7.24. The monoisotopic (exact) mass is 386 g/mol. The minimum Gasteiger partial charge on any atom is -0.497 e. The van der Waals surface area contributed by atoms with E-state index in [0.717, 1.165) is 16.9 Å². The number of carbonyl (C=O) groups excluding carboxylic acids is 1. The molecule has 5 nitrogen and oxygen atoms in total. The van der Waals surface area contributed by atoms with E-state index in [4.69, 9.17) is 4.74 Å². The molecule has 6 heteroatoms. The molecule has 0 aliphatic heterocycles. The number of benzene rings is 2. The summed E-state index contributed by atoms with van der Waals surface area (Å²) in [5, 5.41) is 2.98. The Morgan fingerprint density at radius 2 is 1.78 bits per heavy atom. The Labute approximate surface area is 163 Å². The van der Waals surface area contributed by atoms with Crippen LogP contribution in [0.5, 0.6) is 5.75 Å². The zero-order chi connectivity index (χ0) is 20.0. The second-order valence-corrected chi connectivity index (χ2v) is 8.39. The fourth-order valence-electron chi connectivity index (χ4n) is 2.34. The maximum absolute atomic E-state index is 12.7. The number of carbonyl (C=O) groups is 1. The van der Waals surface area contributed by atoms with Crippen LogP contribution in [0.15, 0.2) is 57.8 Å². The molecule has 0 aromatic heterocycles. The minimum atomic E-state index is -1.57. The van der Waals surface area contributed by atoms with Crippen LogP contribution in [-0.4, -0.2) is 23.4 Å². The van der Waals surface area contributed by atoms with Gasteiger partial charge in [-0.05, 0) is 48.4 Å². The van der Waals surface area contributed by atoms with E-state index in [-0.39, 0.29) is 11.9 Å². The van der Waals surface area contributed by atoms with Gasteiger partial charge in [-0.2, -0.15) is 4.40 Å². The maximum Gasteiger partial charge on any atom is 0.225 e. The summed E-state index contributed by atoms with van der Waals surface area (Å²) in [6, 6.07) is 14.4. The fourth-order valence-corrected chi connectivity index (χ4v) is 3.32. The number of hydrogen-bond acceptors (Lipinski definition) is 3. The summed E-state index contributed by atoms with van der Waals surface area (Å²) in [5.41, 5.74) is 1.13. The van der Waals surface area contributed by atoms with Crippen molar-refractivity contribution in [1.82, 2.24) is 5.32 Å². The van der Waals surface area contributed by atoms with Crippen molar-refractivity contribution >= 4 is 23.1 Å². The summed E-state index contributed by atoms with van der Waals surface area (Å²) >= 11 is 0. The number of nitrogens with one attached hydrogen (secondary N) is 1. The Hall–Kier alpha value is -2.47. The summed E-state index contributed by atoms with van der Waals surface area (Å²) in [6.07, 6.45) is 1.57. The molecule has 2 rings (SSSR count). The molecule has 0 heterocycles. The average Bonchev–Trinajstić information content (AvgIpc) is 2.65. The molecule has 2 atom stereocenters. The van der Waals surface area contributed by atoms with Crippen molar-refractivity contribution in [3.8, 4) is 5.75 Å². The van der Waals surface area contributed by atoms with Crippen molar-refractivity contribution < 1.29 is 13.7 Å². The van der Waals surface area contributed by atoms with Gasteiger partial charge in [0.1, 0.15) is 5.75 Å². The Kier molecular flexibility index (Phi) is 6.91. The molecule has 0 saturated carbocycles. The van der Waals surface area contributed by atoms with Gasteiger partial charge in [-0.15, -0.1) is 0 Å². The van der Waals surface area contributed by atoms with Crippen molar-refractivity contribution in [2.45, 2.75) is 38.6 Å². The van der Waals surface area contributed by atoms with Crippen LogP contribution in [0.2, 0.25) is 0 Å². The molecule has 2 aromatic rings. The normalized spacial score (nSPS) is 14.0. The van der Waals surface area contributed by atoms with E-state index in [1.807, 2.05) is 70.2 Å². The van der Waals surface area contributed by atoms with Crippen molar-refractivity contribution in [1.29, 1.82) is 0 Å². The van der Waals surface area contributed by atoms with Crippen LogP contribution in [-0.2, 0) is 15.8 Å². The number of amides is 1. The molecule has 0 radical (unpaired) electrons. The fraction of sp³-hybridized carbons (Fsp3) is 0.333. The van der Waals surface area contributed by atoms with E-state index < -0.39 is 16.4 Å². The van der Waals surface area contributed by atoms with Crippen LogP contribution in [0.1, 0.15) is 44.9 Å². The zero-order valence-corrected chi connectivity index (χ0v) is 17.2. The highest BCUT2D eigenvalue weighted by Gasteiger charge is 2.24. The Bertz CT molecular complexity index is 839. The predicted molar refractivity (Wildman–Crippen MR) is 109 cm³/mol. The first-order valence-corrected chi connectivity index (χ1v) is 9.83. The van der Waals surface area contributed by atoms with Gasteiger partial charge < -0.3 is 10.1 Å². The molecule has 1 amide bonds. The van der Waals surface area contributed by atoms with Crippen LogP contribution >= 0.6 is 0 Å². The largest absolute Gasteiger partial charge is 0.497 e. The van der Waals surface area contributed by atoms with E-state index in [1.165, 1.54) is 0 Å². The van der Waals surface area contributed by atoms with Crippen molar-refractivity contribution in [3.05, 3.63) is 59.7 Å². The van der Waals surface area contributed by atoms with Crippen LogP contribution in [0.25, 0.3) is 0 Å². The van der Waals surface area contributed by atoms with Crippen LogP contribution in [0.3, 0.4) is 0 Å². The summed E-state index contributed by atoms with van der Waals surface area (Å²) < 4.78 is 22.0. The summed E-state index contributed by atoms with van der Waals surface area (Å²) in [5.74, 6) is 0.694. The third kappa shape index (κ3) is 5.76. The Balaban J connectivity index is 2.19. The number of ether oxygens (including phenoxy) is 1. The standard InChI is InChI=1S/C21H26N2O3S/c1-15(23-20(24)21(2,3)4)18-8-6-7-9-19(18)27(25)22-14-16-10-12-17(26-5)13-11-16/h6-15H,1-5H3,(H,23,24)/b22-14+/t15-,27?/m1/s1. The average molecular weight is 387 g/mol. The van der Waals surface area contributed by atoms with E-state index in [2.05, 4.69) is 9.71 Å². The topological polar surface area (TPSA) is 67.8 Å². The number of nitrogens with zero attached hydrogens (tertiary/aromatic N) is 1. The van der Waals surface area contributed by atoms with E-state index in [9.17, 15) is 9.00 Å². The summed E-state index contributed by atoms with van der Waals surface area (Å²) in [6.45, 7) is 7.46. The highest BCUT2D eigenvalue weighted by Crippen LogP contribution is 2.23. The van der Waals surface area contributed by atoms with Gasteiger partial charge in [-0.3, -0.25) is 4.79 Å². The van der Waals surface area contributed by atoms with E-state index in [0.29, 0.717) is 4.90 Å². The van der Waals surface area contributed by atoms with Gasteiger partial charge in [0, 0.05) is 11.6 Å². The lowest BCUT2D eigenvalue weighted by molar-refractivity contribution is -0.129. The van der Waals surface area contributed by atoms with Gasteiger partial charge in [0.15, 0.2) is 11.0 Å². The van der Waals surface area contributed by atoms with Gasteiger partial charge in [-0.25, -0.2) is 4.21 Å². The lowest BCUT2D eigenvalue weighted by Crippen LogP contribution is -2.36. The molecule has 0 aliphatic carbocycles. The van der Waals surface area contributed by atoms with Gasteiger partial charge in [0.25, 0.3) is 0 Å². The lowest BCUT2D eigenvalue weighted by atomic mass is 9.94. The molecule has 144 valence electrons. The van der Waals surface area contributed by atoms with Crippen molar-refractivity contribution in [2.75, 3.05) is 7.11 Å². The molecule has 27 heavy (non-hydrogen) atoms. The molecule has 0 fully saturated rings. The smallest absolute Gasteiger partial charge is 0.225 e. The van der Waals surface area contributed by atoms with Gasteiger partial charge >= 0.3 is 0 Å². The maximum atomic E-state index is 12.7. The van der Waals surface area contributed by atoms with Crippen LogP contribution in [0, 0.1) is 5.41 Å². The molecule has 1 N–H and O–H groups in total. The SMILES string of the molecule is COc1ccc(/C=N/S(=O)c2ccccc2[C@@H](C)NC(=O)C(C)(C)C)cc1. The third-order valence-electron chi connectivity index (χ3n) is 4.02. The molecule has 2 aromatic carbocycles. The number of hydrogen-bond donors (Lipinski definition) is 1. The van der Waals surface area contributed by atoms with Crippen LogP contribution < -0.4 is 10.1 Å². The summed E-state index contributed by atoms with van der Waals surface area (Å²) in [7, 11) is 0.0336. The first-order chi connectivity index (χ1) is 12.7. The predicted octanol–water partition coefficient (Wildman–Crippen LogP) is 4.06. The second kappa shape index (κ2) is 8.95. The lowest BCUT2D eigenvalue weighted by Gasteiger charge is -2.23. The molecule has 0 saturated heterocycles. The van der Waals surface area contributed by atoms with Gasteiger partial charge in [0.05, 0.1) is 18.0 Å². The van der Waals surface area contributed by atoms with Gasteiger partial charge in [0.2, 0.25) is 5.91 Å². The van der Waals surface area contributed by atoms with Crippen molar-refractivity contribution in [3.63, 3.8) is 0 Å². The molecule has 0 spiro atoms. The first-order valence-electron chi connectivity index (χ1n) is 8.72. The zero-order valence-electron chi connectivity index (χ0n) is 16.4. The van der Waals surface area contributed by atoms with Gasteiger partial charge in [-0.1, -0.05) is 39.0 Å².